The van der Waals surface area contributed by atoms with Crippen molar-refractivity contribution in [2.45, 2.75) is 19.4 Å². The highest BCUT2D eigenvalue weighted by Crippen LogP contribution is 2.22. The molecule has 0 saturated carbocycles. The van der Waals surface area contributed by atoms with Crippen molar-refractivity contribution >= 4 is 17.5 Å². The minimum absolute atomic E-state index is 0.0139. The van der Waals surface area contributed by atoms with Crippen LogP contribution in [0.2, 0.25) is 5.02 Å². The van der Waals surface area contributed by atoms with E-state index in [4.69, 9.17) is 16.3 Å². The number of rotatable bonds is 11. The highest BCUT2D eigenvalue weighted by atomic mass is 35.5. The number of hydrogen-bond donors (Lipinski definition) is 0. The Morgan fingerprint density at radius 2 is 1.56 bits per heavy atom. The third-order valence-electron chi connectivity index (χ3n) is 5.23. The Morgan fingerprint density at radius 1 is 0.875 bits per heavy atom. The van der Waals surface area contributed by atoms with E-state index in [0.29, 0.717) is 30.3 Å². The van der Waals surface area contributed by atoms with Crippen LogP contribution in [-0.4, -0.2) is 49.5 Å². The molecule has 0 radical (unpaired) electrons. The fourth-order valence-electron chi connectivity index (χ4n) is 3.48. The smallest absolute Gasteiger partial charge is 0.254 e. The van der Waals surface area contributed by atoms with Gasteiger partial charge in [-0.3, -0.25) is 4.79 Å². The molecule has 5 heteroatoms. The Balaban J connectivity index is 1.76. The molecule has 0 aliphatic heterocycles. The zero-order valence-corrected chi connectivity index (χ0v) is 19.6. The number of nitrogens with zero attached hydrogens (tertiary/aromatic N) is 2. The van der Waals surface area contributed by atoms with Gasteiger partial charge in [-0.2, -0.15) is 0 Å². The third kappa shape index (κ3) is 7.40. The van der Waals surface area contributed by atoms with Crippen molar-refractivity contribution in [2.75, 3.05) is 33.8 Å². The lowest BCUT2D eigenvalue weighted by Gasteiger charge is -2.24. The Labute approximate surface area is 196 Å². The van der Waals surface area contributed by atoms with Crippen molar-refractivity contribution in [3.8, 4) is 5.75 Å². The van der Waals surface area contributed by atoms with E-state index in [1.807, 2.05) is 47.4 Å². The fraction of sp³-hybridized carbons (Fsp3) is 0.296. The predicted molar refractivity (Wildman–Crippen MR) is 131 cm³/mol. The molecular weight excluding hydrogens is 420 g/mol. The average molecular weight is 451 g/mol. The Morgan fingerprint density at radius 3 is 2.28 bits per heavy atom. The van der Waals surface area contributed by atoms with Gasteiger partial charge in [-0.1, -0.05) is 60.1 Å². The molecule has 0 bridgehead atoms. The van der Waals surface area contributed by atoms with Gasteiger partial charge in [0.2, 0.25) is 0 Å². The summed E-state index contributed by atoms with van der Waals surface area (Å²) in [6.45, 7) is 2.71. The molecule has 3 aromatic rings. The van der Waals surface area contributed by atoms with Crippen molar-refractivity contribution in [1.82, 2.24) is 9.80 Å². The van der Waals surface area contributed by atoms with Crippen molar-refractivity contribution in [3.05, 3.63) is 101 Å². The van der Waals surface area contributed by atoms with Gasteiger partial charge in [-0.25, -0.2) is 0 Å². The van der Waals surface area contributed by atoms with Crippen LogP contribution in [0.4, 0.5) is 0 Å². The van der Waals surface area contributed by atoms with Crippen LogP contribution in [0.15, 0.2) is 78.9 Å². The van der Waals surface area contributed by atoms with Crippen LogP contribution >= 0.6 is 11.6 Å². The fourth-order valence-corrected chi connectivity index (χ4v) is 3.61. The molecule has 0 N–H and O–H groups in total. The van der Waals surface area contributed by atoms with Crippen LogP contribution < -0.4 is 4.74 Å². The molecule has 0 aromatic heterocycles. The van der Waals surface area contributed by atoms with Gasteiger partial charge in [0.25, 0.3) is 5.91 Å². The first kappa shape index (κ1) is 23.8. The lowest BCUT2D eigenvalue weighted by molar-refractivity contribution is 0.0743. The lowest BCUT2D eigenvalue weighted by Crippen LogP contribution is -2.32. The summed E-state index contributed by atoms with van der Waals surface area (Å²) in [5, 5.41) is 0.619. The molecule has 0 aliphatic rings. The van der Waals surface area contributed by atoms with Gasteiger partial charge in [0.1, 0.15) is 5.75 Å². The summed E-state index contributed by atoms with van der Waals surface area (Å²) in [6.07, 6.45) is 1.73. The second-order valence-corrected chi connectivity index (χ2v) is 8.52. The summed E-state index contributed by atoms with van der Waals surface area (Å²) in [6, 6.07) is 25.3. The number of ether oxygens (including phenoxy) is 1. The van der Waals surface area contributed by atoms with Gasteiger partial charge in [0.15, 0.2) is 0 Å². The van der Waals surface area contributed by atoms with Gasteiger partial charge in [0.05, 0.1) is 6.61 Å². The quantitative estimate of drug-likeness (QED) is 0.359. The van der Waals surface area contributed by atoms with E-state index in [-0.39, 0.29) is 5.91 Å². The molecule has 32 heavy (non-hydrogen) atoms. The maximum atomic E-state index is 13.4. The summed E-state index contributed by atoms with van der Waals surface area (Å²) in [5.41, 5.74) is 2.84. The molecule has 1 amide bonds. The summed E-state index contributed by atoms with van der Waals surface area (Å²) in [7, 11) is 4.11. The number of halogens is 1. The van der Waals surface area contributed by atoms with E-state index in [1.165, 1.54) is 5.56 Å². The second-order valence-electron chi connectivity index (χ2n) is 8.08. The summed E-state index contributed by atoms with van der Waals surface area (Å²) in [4.78, 5) is 17.4. The normalized spacial score (nSPS) is 10.9. The molecular formula is C27H31ClN2O2. The molecule has 3 aromatic carbocycles. The topological polar surface area (TPSA) is 32.8 Å². The van der Waals surface area contributed by atoms with E-state index in [0.717, 1.165) is 30.7 Å². The maximum Gasteiger partial charge on any atom is 0.254 e. The number of hydrogen-bond acceptors (Lipinski definition) is 3. The van der Waals surface area contributed by atoms with Gasteiger partial charge < -0.3 is 14.5 Å². The van der Waals surface area contributed by atoms with Crippen LogP contribution in [0.1, 0.15) is 27.9 Å². The third-order valence-corrected chi connectivity index (χ3v) is 5.48. The number of amides is 1. The standard InChI is InChI=1S/C27H31ClN2O2/c1-29(2)18-8-20-32-26-12-7-6-11-24(26)21-30(19-17-22-9-4-3-5-10-22)27(31)23-13-15-25(28)16-14-23/h3-7,9-16H,8,17-21H2,1-2H3. The highest BCUT2D eigenvalue weighted by Gasteiger charge is 2.18. The Kier molecular flexibility index (Phi) is 9.14. The molecule has 168 valence electrons. The van der Waals surface area contributed by atoms with Crippen LogP contribution in [0.25, 0.3) is 0 Å². The van der Waals surface area contributed by atoms with E-state index >= 15 is 0 Å². The number of carbonyl (C=O) groups excluding carboxylic acids is 1. The molecule has 4 nitrogen and oxygen atoms in total. The summed E-state index contributed by atoms with van der Waals surface area (Å²) < 4.78 is 6.07. The van der Waals surface area contributed by atoms with Crippen LogP contribution in [-0.2, 0) is 13.0 Å². The molecule has 0 saturated heterocycles. The van der Waals surface area contributed by atoms with Gasteiger partial charge >= 0.3 is 0 Å². The number of carbonyl (C=O) groups is 1. The monoisotopic (exact) mass is 450 g/mol. The van der Waals surface area contributed by atoms with E-state index in [2.05, 4.69) is 31.1 Å². The molecule has 0 atom stereocenters. The van der Waals surface area contributed by atoms with Crippen LogP contribution in [0.5, 0.6) is 5.75 Å². The summed E-state index contributed by atoms with van der Waals surface area (Å²) >= 11 is 6.02. The van der Waals surface area contributed by atoms with Gasteiger partial charge in [0, 0.05) is 35.8 Å². The van der Waals surface area contributed by atoms with Crippen molar-refractivity contribution < 1.29 is 9.53 Å². The van der Waals surface area contributed by atoms with Crippen LogP contribution in [0, 0.1) is 0 Å². The average Bonchev–Trinajstić information content (AvgIpc) is 2.81. The minimum Gasteiger partial charge on any atom is -0.493 e. The second kappa shape index (κ2) is 12.3. The number of para-hydroxylation sites is 1. The summed E-state index contributed by atoms with van der Waals surface area (Å²) in [5.74, 6) is 0.819. The highest BCUT2D eigenvalue weighted by molar-refractivity contribution is 6.30. The largest absolute Gasteiger partial charge is 0.493 e. The molecule has 3 rings (SSSR count). The van der Waals surface area contributed by atoms with E-state index in [9.17, 15) is 4.79 Å². The minimum atomic E-state index is -0.0139. The SMILES string of the molecule is CN(C)CCCOc1ccccc1CN(CCc1ccccc1)C(=O)c1ccc(Cl)cc1. The van der Waals surface area contributed by atoms with Crippen LogP contribution in [0.3, 0.4) is 0 Å². The molecule has 0 aliphatic carbocycles. The maximum absolute atomic E-state index is 13.4. The molecule has 0 heterocycles. The zero-order valence-electron chi connectivity index (χ0n) is 18.8. The Bertz CT molecular complexity index is 974. The molecule has 0 unspecified atom stereocenters. The lowest BCUT2D eigenvalue weighted by atomic mass is 10.1. The van der Waals surface area contributed by atoms with E-state index in [1.54, 1.807) is 24.3 Å². The van der Waals surface area contributed by atoms with Crippen molar-refractivity contribution in [3.63, 3.8) is 0 Å². The predicted octanol–water partition coefficient (Wildman–Crippen LogP) is 5.56. The number of benzene rings is 3. The molecule has 0 spiro atoms. The zero-order chi connectivity index (χ0) is 22.8. The van der Waals surface area contributed by atoms with Gasteiger partial charge in [-0.05, 0) is 62.8 Å². The Hall–Kier alpha value is -2.82. The van der Waals surface area contributed by atoms with Gasteiger partial charge in [-0.15, -0.1) is 0 Å². The first-order chi connectivity index (χ1) is 15.5. The van der Waals surface area contributed by atoms with Crippen molar-refractivity contribution in [2.24, 2.45) is 0 Å². The first-order valence-corrected chi connectivity index (χ1v) is 11.3. The first-order valence-electron chi connectivity index (χ1n) is 11.0. The molecule has 0 fully saturated rings. The van der Waals surface area contributed by atoms with Crippen molar-refractivity contribution in [1.29, 1.82) is 0 Å². The van der Waals surface area contributed by atoms with E-state index < -0.39 is 0 Å².